The van der Waals surface area contributed by atoms with E-state index in [4.69, 9.17) is 0 Å². The summed E-state index contributed by atoms with van der Waals surface area (Å²) in [6.45, 7) is 7.44. The average molecular weight is 318 g/mol. The highest BCUT2D eigenvalue weighted by Gasteiger charge is 2.32. The fourth-order valence-corrected chi connectivity index (χ4v) is 2.99. The van der Waals surface area contributed by atoms with Gasteiger partial charge < -0.3 is 5.11 Å². The van der Waals surface area contributed by atoms with Crippen LogP contribution in [0.2, 0.25) is 0 Å². The van der Waals surface area contributed by atoms with Gasteiger partial charge in [-0.2, -0.15) is 0 Å². The van der Waals surface area contributed by atoms with E-state index >= 15 is 0 Å². The van der Waals surface area contributed by atoms with Gasteiger partial charge in [-0.1, -0.05) is 17.3 Å². The van der Waals surface area contributed by atoms with Gasteiger partial charge in [-0.25, -0.2) is 9.07 Å². The minimum Gasteiger partial charge on any atom is -0.392 e. The topological polar surface area (TPSA) is 54.2 Å². The van der Waals surface area contributed by atoms with Crippen LogP contribution in [0.1, 0.15) is 44.5 Å². The van der Waals surface area contributed by atoms with Gasteiger partial charge in [0.25, 0.3) is 0 Å². The first-order chi connectivity index (χ1) is 10.8. The molecular weight excluding hydrogens is 295 g/mol. The van der Waals surface area contributed by atoms with E-state index in [0.717, 1.165) is 11.3 Å². The first-order valence-electron chi connectivity index (χ1n) is 7.92. The molecule has 5 nitrogen and oxygen atoms in total. The summed E-state index contributed by atoms with van der Waals surface area (Å²) in [4.78, 5) is 2.18. The summed E-state index contributed by atoms with van der Waals surface area (Å²) in [5.41, 5.74) is 1.79. The van der Waals surface area contributed by atoms with Crippen molar-refractivity contribution in [2.24, 2.45) is 0 Å². The average Bonchev–Trinajstić information content (AvgIpc) is 3.07. The number of aromatic nitrogens is 3. The Balaban J connectivity index is 1.77. The Morgan fingerprint density at radius 1 is 1.26 bits per heavy atom. The molecule has 1 aromatic carbocycles. The van der Waals surface area contributed by atoms with Crippen molar-refractivity contribution in [3.05, 3.63) is 47.5 Å². The van der Waals surface area contributed by atoms with Gasteiger partial charge in [-0.3, -0.25) is 4.90 Å². The number of nitrogens with zero attached hydrogens (tertiary/aromatic N) is 4. The number of hydrogen-bond donors (Lipinski definition) is 1. The normalized spacial score (nSPS) is 22.7. The highest BCUT2D eigenvalue weighted by Crippen LogP contribution is 2.33. The SMILES string of the molecule is CC(C)(C)n1cc(CN2C[C@H](O)C[C@H]2c2ccc(F)cc2)nn1. The first-order valence-corrected chi connectivity index (χ1v) is 7.92. The fourth-order valence-electron chi connectivity index (χ4n) is 2.99. The summed E-state index contributed by atoms with van der Waals surface area (Å²) in [5, 5.41) is 18.5. The molecule has 6 heteroatoms. The monoisotopic (exact) mass is 318 g/mol. The zero-order valence-electron chi connectivity index (χ0n) is 13.8. The van der Waals surface area contributed by atoms with Crippen LogP contribution >= 0.6 is 0 Å². The summed E-state index contributed by atoms with van der Waals surface area (Å²) in [7, 11) is 0. The lowest BCUT2D eigenvalue weighted by molar-refractivity contribution is 0.172. The molecule has 2 heterocycles. The number of aliphatic hydroxyl groups excluding tert-OH is 1. The van der Waals surface area contributed by atoms with Gasteiger partial charge in [0.2, 0.25) is 0 Å². The molecule has 3 rings (SSSR count). The van der Waals surface area contributed by atoms with E-state index in [-0.39, 0.29) is 23.5 Å². The van der Waals surface area contributed by atoms with Gasteiger partial charge in [0.1, 0.15) is 5.82 Å². The highest BCUT2D eigenvalue weighted by molar-refractivity contribution is 5.21. The lowest BCUT2D eigenvalue weighted by Crippen LogP contribution is -2.25. The molecule has 1 aliphatic rings. The van der Waals surface area contributed by atoms with Crippen molar-refractivity contribution in [1.82, 2.24) is 19.9 Å². The maximum atomic E-state index is 13.1. The van der Waals surface area contributed by atoms with Crippen molar-refractivity contribution >= 4 is 0 Å². The maximum Gasteiger partial charge on any atom is 0.123 e. The molecule has 0 radical (unpaired) electrons. The predicted octanol–water partition coefficient (Wildman–Crippen LogP) is 2.48. The minimum atomic E-state index is -0.372. The Morgan fingerprint density at radius 3 is 2.57 bits per heavy atom. The molecule has 0 spiro atoms. The lowest BCUT2D eigenvalue weighted by atomic mass is 10.0. The third-order valence-corrected chi connectivity index (χ3v) is 4.23. The molecule has 0 unspecified atom stereocenters. The standard InChI is InChI=1S/C17H23FN4O/c1-17(2,3)22-10-14(19-20-22)9-21-11-15(23)8-16(21)12-4-6-13(18)7-5-12/h4-7,10,15-16,23H,8-9,11H2,1-3H3/t15-,16+/m1/s1. The summed E-state index contributed by atoms with van der Waals surface area (Å²) < 4.78 is 15.0. The zero-order valence-corrected chi connectivity index (χ0v) is 13.8. The molecule has 0 aliphatic carbocycles. The summed E-state index contributed by atoms with van der Waals surface area (Å²) in [5.74, 6) is -0.244. The van der Waals surface area contributed by atoms with E-state index in [1.165, 1.54) is 12.1 Å². The number of benzene rings is 1. The van der Waals surface area contributed by atoms with Crippen LogP contribution in [-0.2, 0) is 12.1 Å². The third kappa shape index (κ3) is 3.59. The smallest absolute Gasteiger partial charge is 0.123 e. The van der Waals surface area contributed by atoms with Gasteiger partial charge >= 0.3 is 0 Å². The van der Waals surface area contributed by atoms with Crippen molar-refractivity contribution in [3.63, 3.8) is 0 Å². The van der Waals surface area contributed by atoms with Crippen LogP contribution in [-0.4, -0.2) is 37.6 Å². The van der Waals surface area contributed by atoms with Crippen LogP contribution in [0.25, 0.3) is 0 Å². The molecular formula is C17H23FN4O. The van der Waals surface area contributed by atoms with Crippen molar-refractivity contribution in [2.45, 2.75) is 51.4 Å². The molecule has 1 saturated heterocycles. The third-order valence-electron chi connectivity index (χ3n) is 4.23. The predicted molar refractivity (Wildman–Crippen MR) is 85.2 cm³/mol. The number of rotatable bonds is 3. The van der Waals surface area contributed by atoms with E-state index in [1.807, 2.05) is 10.9 Å². The molecule has 1 aromatic heterocycles. The molecule has 1 N–H and O–H groups in total. The second kappa shape index (κ2) is 6.02. The number of aliphatic hydroxyl groups is 1. The van der Waals surface area contributed by atoms with Crippen molar-refractivity contribution in [1.29, 1.82) is 0 Å². The highest BCUT2D eigenvalue weighted by atomic mass is 19.1. The maximum absolute atomic E-state index is 13.1. The molecule has 2 atom stereocenters. The molecule has 0 amide bonds. The van der Waals surface area contributed by atoms with Gasteiger partial charge in [0, 0.05) is 19.1 Å². The number of halogens is 1. The molecule has 23 heavy (non-hydrogen) atoms. The van der Waals surface area contributed by atoms with Crippen molar-refractivity contribution in [2.75, 3.05) is 6.54 Å². The van der Waals surface area contributed by atoms with Gasteiger partial charge in [-0.15, -0.1) is 5.10 Å². The van der Waals surface area contributed by atoms with E-state index in [9.17, 15) is 9.50 Å². The van der Waals surface area contributed by atoms with E-state index < -0.39 is 0 Å². The van der Waals surface area contributed by atoms with Gasteiger partial charge in [0.05, 0.1) is 23.5 Å². The van der Waals surface area contributed by atoms with Crippen LogP contribution < -0.4 is 0 Å². The Bertz CT molecular complexity index is 662. The van der Waals surface area contributed by atoms with Crippen LogP contribution in [0.5, 0.6) is 0 Å². The molecule has 1 aliphatic heterocycles. The Kier molecular flexibility index (Phi) is 4.21. The van der Waals surface area contributed by atoms with Crippen LogP contribution in [0.15, 0.2) is 30.5 Å². The van der Waals surface area contributed by atoms with Crippen molar-refractivity contribution in [3.8, 4) is 0 Å². The second-order valence-electron chi connectivity index (χ2n) is 7.21. The van der Waals surface area contributed by atoms with E-state index in [2.05, 4.69) is 36.0 Å². The Labute approximate surface area is 135 Å². The zero-order chi connectivity index (χ0) is 16.6. The second-order valence-corrected chi connectivity index (χ2v) is 7.21. The lowest BCUT2D eigenvalue weighted by Gasteiger charge is -2.23. The molecule has 0 saturated carbocycles. The quantitative estimate of drug-likeness (QED) is 0.944. The van der Waals surface area contributed by atoms with Crippen LogP contribution in [0, 0.1) is 5.82 Å². The minimum absolute atomic E-state index is 0.0744. The van der Waals surface area contributed by atoms with Gasteiger partial charge in [-0.05, 0) is 44.9 Å². The van der Waals surface area contributed by atoms with E-state index in [0.29, 0.717) is 19.5 Å². The Hall–Kier alpha value is -1.79. The molecule has 2 aromatic rings. The Morgan fingerprint density at radius 2 is 1.96 bits per heavy atom. The van der Waals surface area contributed by atoms with Crippen LogP contribution in [0.4, 0.5) is 4.39 Å². The number of hydrogen-bond acceptors (Lipinski definition) is 4. The first kappa shape index (κ1) is 16.1. The summed E-state index contributed by atoms with van der Waals surface area (Å²) >= 11 is 0. The number of likely N-dealkylation sites (tertiary alicyclic amines) is 1. The molecule has 1 fully saturated rings. The molecule has 124 valence electrons. The largest absolute Gasteiger partial charge is 0.392 e. The fraction of sp³-hybridized carbons (Fsp3) is 0.529. The van der Waals surface area contributed by atoms with Crippen molar-refractivity contribution < 1.29 is 9.50 Å². The summed E-state index contributed by atoms with van der Waals surface area (Å²) in [6, 6.07) is 6.58. The molecule has 0 bridgehead atoms. The van der Waals surface area contributed by atoms with Crippen LogP contribution in [0.3, 0.4) is 0 Å². The van der Waals surface area contributed by atoms with Gasteiger partial charge in [0.15, 0.2) is 0 Å². The number of β-amino-alcohol motifs (C(OH)–C–C–N with tert-alkyl or cyclic N) is 1. The summed E-state index contributed by atoms with van der Waals surface area (Å²) in [6.07, 6.45) is 2.23. The van der Waals surface area contributed by atoms with E-state index in [1.54, 1.807) is 12.1 Å².